The van der Waals surface area contributed by atoms with Gasteiger partial charge in [-0.05, 0) is 32.4 Å². The summed E-state index contributed by atoms with van der Waals surface area (Å²) in [5, 5.41) is 0. The first-order valence-corrected chi connectivity index (χ1v) is 6.40. The van der Waals surface area contributed by atoms with Crippen LogP contribution in [0.4, 0.5) is 0 Å². The first-order valence-electron chi connectivity index (χ1n) is 6.40. The molecule has 108 valence electrons. The Hall–Kier alpha value is -2.10. The van der Waals surface area contributed by atoms with Gasteiger partial charge < -0.3 is 9.47 Å². The largest absolute Gasteiger partial charge is 0.461 e. The molecule has 0 unspecified atom stereocenters. The van der Waals surface area contributed by atoms with Gasteiger partial charge in [0.2, 0.25) is 0 Å². The second-order valence-electron chi connectivity index (χ2n) is 5.36. The van der Waals surface area contributed by atoms with Crippen molar-refractivity contribution >= 4 is 18.0 Å². The molecule has 0 bridgehead atoms. The van der Waals surface area contributed by atoms with Crippen LogP contribution in [-0.4, -0.2) is 24.1 Å². The molecule has 4 heteroatoms. The van der Waals surface area contributed by atoms with Crippen LogP contribution in [-0.2, 0) is 19.1 Å². The zero-order chi connectivity index (χ0) is 15.2. The summed E-state index contributed by atoms with van der Waals surface area (Å²) in [6.07, 6.45) is 1.66. The van der Waals surface area contributed by atoms with Gasteiger partial charge in [-0.15, -0.1) is 0 Å². The third-order valence-corrected chi connectivity index (χ3v) is 2.23. The highest BCUT2D eigenvalue weighted by Gasteiger charge is 2.20. The maximum absolute atomic E-state index is 12.1. The zero-order valence-electron chi connectivity index (χ0n) is 12.3. The number of benzene rings is 1. The molecule has 4 nitrogen and oxygen atoms in total. The topological polar surface area (TPSA) is 52.6 Å². The molecule has 20 heavy (non-hydrogen) atoms. The van der Waals surface area contributed by atoms with Crippen LogP contribution in [0.1, 0.15) is 33.3 Å². The number of carbonyl (C=O) groups is 2. The summed E-state index contributed by atoms with van der Waals surface area (Å²) >= 11 is 0. The highest BCUT2D eigenvalue weighted by molar-refractivity contribution is 5.94. The van der Waals surface area contributed by atoms with Crippen molar-refractivity contribution in [3.63, 3.8) is 0 Å². The van der Waals surface area contributed by atoms with E-state index in [2.05, 4.69) is 0 Å². The van der Waals surface area contributed by atoms with Crippen LogP contribution >= 0.6 is 0 Å². The number of rotatable bonds is 4. The smallest absolute Gasteiger partial charge is 0.338 e. The van der Waals surface area contributed by atoms with E-state index in [0.717, 1.165) is 5.56 Å². The molecule has 0 heterocycles. The maximum Gasteiger partial charge on any atom is 0.338 e. The predicted molar refractivity (Wildman–Crippen MR) is 76.9 cm³/mol. The summed E-state index contributed by atoms with van der Waals surface area (Å²) in [5.74, 6) is -0.921. The highest BCUT2D eigenvalue weighted by atomic mass is 16.6. The molecule has 0 saturated carbocycles. The van der Waals surface area contributed by atoms with Gasteiger partial charge in [0.1, 0.15) is 12.2 Å². The molecule has 0 aromatic heterocycles. The van der Waals surface area contributed by atoms with Gasteiger partial charge >= 0.3 is 11.9 Å². The lowest BCUT2D eigenvalue weighted by atomic mass is 10.1. The summed E-state index contributed by atoms with van der Waals surface area (Å²) in [4.78, 5) is 23.0. The summed E-state index contributed by atoms with van der Waals surface area (Å²) in [7, 11) is 0. The molecule has 1 aromatic rings. The standard InChI is InChI=1S/C16H20O4/c1-12(17)19-11-14(15(18)20-16(2,3)4)10-13-8-6-5-7-9-13/h5-10H,11H2,1-4H3/b14-10+. The van der Waals surface area contributed by atoms with Gasteiger partial charge in [0.15, 0.2) is 0 Å². The Morgan fingerprint density at radius 1 is 1.15 bits per heavy atom. The van der Waals surface area contributed by atoms with Crippen molar-refractivity contribution in [1.29, 1.82) is 0 Å². The van der Waals surface area contributed by atoms with Crippen molar-refractivity contribution in [3.05, 3.63) is 41.5 Å². The van der Waals surface area contributed by atoms with Crippen LogP contribution in [0, 0.1) is 0 Å². The summed E-state index contributed by atoms with van der Waals surface area (Å²) in [6.45, 7) is 6.57. The monoisotopic (exact) mass is 276 g/mol. The van der Waals surface area contributed by atoms with Gasteiger partial charge in [0.05, 0.1) is 5.57 Å². The first-order chi connectivity index (χ1) is 9.28. The number of hydrogen-bond acceptors (Lipinski definition) is 4. The lowest BCUT2D eigenvalue weighted by Crippen LogP contribution is -2.26. The van der Waals surface area contributed by atoms with E-state index in [9.17, 15) is 9.59 Å². The van der Waals surface area contributed by atoms with Gasteiger partial charge in [-0.25, -0.2) is 4.79 Å². The fourth-order valence-corrected chi connectivity index (χ4v) is 1.43. The summed E-state index contributed by atoms with van der Waals surface area (Å²) in [5.41, 5.74) is 0.560. The number of hydrogen-bond donors (Lipinski definition) is 0. The van der Waals surface area contributed by atoms with Crippen LogP contribution in [0.5, 0.6) is 0 Å². The van der Waals surface area contributed by atoms with Crippen molar-refractivity contribution in [2.45, 2.75) is 33.3 Å². The zero-order valence-corrected chi connectivity index (χ0v) is 12.3. The van der Waals surface area contributed by atoms with Gasteiger partial charge in [0.25, 0.3) is 0 Å². The number of esters is 2. The van der Waals surface area contributed by atoms with Gasteiger partial charge in [0, 0.05) is 6.92 Å². The van der Waals surface area contributed by atoms with E-state index >= 15 is 0 Å². The normalized spacial score (nSPS) is 11.9. The van der Waals surface area contributed by atoms with E-state index < -0.39 is 17.5 Å². The number of carbonyl (C=O) groups excluding carboxylic acids is 2. The van der Waals surface area contributed by atoms with Crippen molar-refractivity contribution in [2.75, 3.05) is 6.61 Å². The van der Waals surface area contributed by atoms with E-state index in [1.165, 1.54) is 6.92 Å². The Bertz CT molecular complexity index is 495. The van der Waals surface area contributed by atoms with Crippen molar-refractivity contribution in [1.82, 2.24) is 0 Å². The summed E-state index contributed by atoms with van der Waals surface area (Å²) < 4.78 is 10.2. The fourth-order valence-electron chi connectivity index (χ4n) is 1.43. The van der Waals surface area contributed by atoms with Crippen molar-refractivity contribution in [2.24, 2.45) is 0 Å². The molecule has 0 amide bonds. The van der Waals surface area contributed by atoms with Crippen LogP contribution in [0.2, 0.25) is 0 Å². The van der Waals surface area contributed by atoms with Crippen LogP contribution in [0.15, 0.2) is 35.9 Å². The third kappa shape index (κ3) is 6.18. The van der Waals surface area contributed by atoms with Gasteiger partial charge in [-0.2, -0.15) is 0 Å². The minimum Gasteiger partial charge on any atom is -0.461 e. The lowest BCUT2D eigenvalue weighted by molar-refractivity contribution is -0.151. The average molecular weight is 276 g/mol. The molecule has 0 spiro atoms. The first kappa shape index (κ1) is 16.0. The third-order valence-electron chi connectivity index (χ3n) is 2.23. The average Bonchev–Trinajstić information content (AvgIpc) is 2.33. The number of ether oxygens (including phenoxy) is 2. The quantitative estimate of drug-likeness (QED) is 0.626. The van der Waals surface area contributed by atoms with E-state index in [1.807, 2.05) is 30.3 Å². The van der Waals surface area contributed by atoms with Crippen LogP contribution < -0.4 is 0 Å². The molecule has 0 fully saturated rings. The Morgan fingerprint density at radius 2 is 1.75 bits per heavy atom. The Labute approximate surface area is 119 Å². The van der Waals surface area contributed by atoms with Crippen molar-refractivity contribution in [3.8, 4) is 0 Å². The molecule has 0 aliphatic carbocycles. The minimum absolute atomic E-state index is 0.0981. The Balaban J connectivity index is 2.93. The Morgan fingerprint density at radius 3 is 2.25 bits per heavy atom. The maximum atomic E-state index is 12.1. The molecular formula is C16H20O4. The molecule has 0 aliphatic rings. The van der Waals surface area contributed by atoms with Gasteiger partial charge in [-0.3, -0.25) is 4.79 Å². The Kier molecular flexibility index (Phi) is 5.50. The van der Waals surface area contributed by atoms with Crippen molar-refractivity contribution < 1.29 is 19.1 Å². The van der Waals surface area contributed by atoms with Crippen LogP contribution in [0.25, 0.3) is 6.08 Å². The molecule has 0 aliphatic heterocycles. The highest BCUT2D eigenvalue weighted by Crippen LogP contribution is 2.14. The summed E-state index contributed by atoms with van der Waals surface area (Å²) in [6, 6.07) is 9.33. The second-order valence-corrected chi connectivity index (χ2v) is 5.36. The van der Waals surface area contributed by atoms with E-state index in [4.69, 9.17) is 9.47 Å². The fraction of sp³-hybridized carbons (Fsp3) is 0.375. The lowest BCUT2D eigenvalue weighted by Gasteiger charge is -2.20. The SMILES string of the molecule is CC(=O)OC/C(=C\c1ccccc1)C(=O)OC(C)(C)C. The van der Waals surface area contributed by atoms with E-state index in [-0.39, 0.29) is 6.61 Å². The molecule has 1 aromatic carbocycles. The molecule has 1 rings (SSSR count). The second kappa shape index (κ2) is 6.89. The molecule has 0 N–H and O–H groups in total. The molecular weight excluding hydrogens is 256 g/mol. The molecule has 0 saturated heterocycles. The van der Waals surface area contributed by atoms with Gasteiger partial charge in [-0.1, -0.05) is 30.3 Å². The molecule has 0 radical (unpaired) electrons. The minimum atomic E-state index is -0.594. The molecule has 0 atom stereocenters. The van der Waals surface area contributed by atoms with E-state index in [1.54, 1.807) is 26.8 Å². The van der Waals surface area contributed by atoms with E-state index in [0.29, 0.717) is 5.57 Å². The van der Waals surface area contributed by atoms with Crippen LogP contribution in [0.3, 0.4) is 0 Å². The predicted octanol–water partition coefficient (Wildman–Crippen LogP) is 2.97.